The molecule has 0 bridgehead atoms. The summed E-state index contributed by atoms with van der Waals surface area (Å²) in [7, 11) is 1.72. The van der Waals surface area contributed by atoms with Gasteiger partial charge in [-0.15, -0.1) is 0 Å². The van der Waals surface area contributed by atoms with Crippen molar-refractivity contribution in [2.24, 2.45) is 58.2 Å². The van der Waals surface area contributed by atoms with Crippen LogP contribution >= 0.6 is 0 Å². The summed E-state index contributed by atoms with van der Waals surface area (Å²) >= 11 is 0. The minimum atomic E-state index is 0.207. The number of benzene rings is 1. The third kappa shape index (κ3) is 4.93. The zero-order chi connectivity index (χ0) is 26.4. The molecule has 0 saturated heterocycles. The molecule has 4 aliphatic carbocycles. The van der Waals surface area contributed by atoms with Crippen molar-refractivity contribution in [3.8, 4) is 5.75 Å². The summed E-state index contributed by atoms with van der Waals surface area (Å²) in [6.45, 7) is 12.6. The lowest BCUT2D eigenvalue weighted by Gasteiger charge is -2.62. The summed E-state index contributed by atoms with van der Waals surface area (Å²) in [5.41, 5.74) is 2.19. The van der Waals surface area contributed by atoms with Crippen molar-refractivity contribution in [2.75, 3.05) is 7.11 Å². The van der Waals surface area contributed by atoms with Gasteiger partial charge in [-0.05, 0) is 121 Å². The number of carbonyl (C=O) groups is 1. The van der Waals surface area contributed by atoms with Gasteiger partial charge in [0.05, 0.1) is 7.11 Å². The Morgan fingerprint density at radius 3 is 2.27 bits per heavy atom. The molecule has 4 aliphatic rings. The molecule has 0 N–H and O–H groups in total. The molecule has 1 aromatic carbocycles. The van der Waals surface area contributed by atoms with Crippen LogP contribution in [-0.2, 0) is 11.2 Å². The molecule has 2 heteroatoms. The first-order valence-corrected chi connectivity index (χ1v) is 15.8. The number of hydrogen-bond acceptors (Lipinski definition) is 2. The molecule has 0 amide bonds. The summed E-state index contributed by atoms with van der Waals surface area (Å²) < 4.78 is 5.37. The van der Waals surface area contributed by atoms with Crippen LogP contribution in [-0.4, -0.2) is 12.9 Å². The number of rotatable bonds is 8. The molecule has 9 atom stereocenters. The van der Waals surface area contributed by atoms with Crippen molar-refractivity contribution >= 4 is 5.78 Å². The van der Waals surface area contributed by atoms with Gasteiger partial charge in [0.1, 0.15) is 11.5 Å². The van der Waals surface area contributed by atoms with Crippen LogP contribution in [0.15, 0.2) is 24.3 Å². The van der Waals surface area contributed by atoms with Gasteiger partial charge >= 0.3 is 0 Å². The summed E-state index contributed by atoms with van der Waals surface area (Å²) in [6, 6.07) is 8.47. The largest absolute Gasteiger partial charge is 0.497 e. The number of hydrogen-bond donors (Lipinski definition) is 0. The van der Waals surface area contributed by atoms with E-state index in [2.05, 4.69) is 58.9 Å². The van der Waals surface area contributed by atoms with Gasteiger partial charge in [-0.25, -0.2) is 0 Å². The van der Waals surface area contributed by atoms with Crippen molar-refractivity contribution < 1.29 is 9.53 Å². The number of methoxy groups -OCH3 is 1. The highest BCUT2D eigenvalue weighted by Crippen LogP contribution is 2.68. The molecule has 206 valence electrons. The molecule has 1 aromatic rings. The van der Waals surface area contributed by atoms with Gasteiger partial charge in [0.2, 0.25) is 0 Å². The molecular formula is C35H54O2. The lowest BCUT2D eigenvalue weighted by Crippen LogP contribution is -2.56. The maximum atomic E-state index is 13.3. The Morgan fingerprint density at radius 1 is 0.865 bits per heavy atom. The van der Waals surface area contributed by atoms with Crippen LogP contribution in [0.4, 0.5) is 0 Å². The standard InChI is InChI=1S/C35H54O2/c1-23(2)8-7-9-24(3)29-16-17-30-27-14-15-31-28(22-25-10-12-26(37-6)13-11-25)33(36)19-21-35(31,5)32(27)18-20-34(29,30)4/h10-13,23-24,27-32H,7-9,14-22H2,1-6H3/t24-,27+,28+,29-,30+,31+,32+,34-,35+/m1/s1. The Kier molecular flexibility index (Phi) is 7.88. The fourth-order valence-corrected chi connectivity index (χ4v) is 10.6. The first-order valence-electron chi connectivity index (χ1n) is 15.8. The Bertz CT molecular complexity index is 933. The minimum absolute atomic E-state index is 0.207. The highest BCUT2D eigenvalue weighted by atomic mass is 16.5. The maximum absolute atomic E-state index is 13.3. The first-order chi connectivity index (χ1) is 17.7. The smallest absolute Gasteiger partial charge is 0.136 e. The van der Waals surface area contributed by atoms with E-state index in [-0.39, 0.29) is 5.92 Å². The van der Waals surface area contributed by atoms with Crippen LogP contribution in [0.5, 0.6) is 5.75 Å². The van der Waals surface area contributed by atoms with E-state index in [9.17, 15) is 4.79 Å². The Morgan fingerprint density at radius 2 is 1.57 bits per heavy atom. The SMILES string of the molecule is COc1ccc(C[C@@H]2C(=O)CC[C@]3(C)[C@H]4CC[C@]5(C)[C@@H]([C@H](C)CCCC(C)C)CC[C@H]5[C@@H]4CC[C@@H]23)cc1. The second-order valence-corrected chi connectivity index (χ2v) is 14.7. The van der Waals surface area contributed by atoms with E-state index in [0.29, 0.717) is 22.5 Å². The van der Waals surface area contributed by atoms with E-state index in [0.717, 1.165) is 60.5 Å². The molecular weight excluding hydrogens is 452 g/mol. The molecule has 4 saturated carbocycles. The van der Waals surface area contributed by atoms with E-state index < -0.39 is 0 Å². The Labute approximate surface area is 227 Å². The maximum Gasteiger partial charge on any atom is 0.136 e. The van der Waals surface area contributed by atoms with Gasteiger partial charge in [-0.3, -0.25) is 4.79 Å². The van der Waals surface area contributed by atoms with Crippen LogP contribution in [0.3, 0.4) is 0 Å². The lowest BCUT2D eigenvalue weighted by atomic mass is 9.43. The molecule has 0 heterocycles. The van der Waals surface area contributed by atoms with Crippen LogP contribution in [0.25, 0.3) is 0 Å². The molecule has 0 aromatic heterocycles. The van der Waals surface area contributed by atoms with Gasteiger partial charge in [-0.2, -0.15) is 0 Å². The zero-order valence-electron chi connectivity index (χ0n) is 24.7. The Balaban J connectivity index is 1.31. The predicted molar refractivity (Wildman–Crippen MR) is 154 cm³/mol. The van der Waals surface area contributed by atoms with E-state index in [1.54, 1.807) is 7.11 Å². The topological polar surface area (TPSA) is 26.3 Å². The summed E-state index contributed by atoms with van der Waals surface area (Å²) in [5.74, 6) is 7.47. The first kappa shape index (κ1) is 27.3. The summed E-state index contributed by atoms with van der Waals surface area (Å²) in [4.78, 5) is 13.3. The van der Waals surface area contributed by atoms with E-state index in [1.165, 1.54) is 63.4 Å². The predicted octanol–water partition coefficient (Wildman–Crippen LogP) is 9.15. The molecule has 0 unspecified atom stereocenters. The number of ketones is 1. The summed E-state index contributed by atoms with van der Waals surface area (Å²) in [6.07, 6.45) is 15.5. The molecule has 5 rings (SSSR count). The molecule has 0 spiro atoms. The van der Waals surface area contributed by atoms with Crippen LogP contribution in [0.2, 0.25) is 0 Å². The van der Waals surface area contributed by atoms with Crippen LogP contribution in [0.1, 0.15) is 111 Å². The molecule has 2 nitrogen and oxygen atoms in total. The molecule has 4 fully saturated rings. The number of carbonyl (C=O) groups excluding carboxylic acids is 1. The summed E-state index contributed by atoms with van der Waals surface area (Å²) in [5, 5.41) is 0. The van der Waals surface area contributed by atoms with E-state index in [1.807, 2.05) is 0 Å². The third-order valence-corrected chi connectivity index (χ3v) is 12.6. The quantitative estimate of drug-likeness (QED) is 0.351. The molecule has 37 heavy (non-hydrogen) atoms. The van der Waals surface area contributed by atoms with Crippen molar-refractivity contribution in [1.82, 2.24) is 0 Å². The normalized spacial score (nSPS) is 40.1. The van der Waals surface area contributed by atoms with Gasteiger partial charge in [0, 0.05) is 12.3 Å². The fraction of sp³-hybridized carbons (Fsp3) is 0.800. The van der Waals surface area contributed by atoms with Crippen LogP contribution in [0, 0.1) is 58.2 Å². The van der Waals surface area contributed by atoms with Gasteiger partial charge in [-0.1, -0.05) is 66.0 Å². The van der Waals surface area contributed by atoms with Gasteiger partial charge in [0.25, 0.3) is 0 Å². The van der Waals surface area contributed by atoms with E-state index in [4.69, 9.17) is 4.74 Å². The number of Topliss-reactive ketones (excluding diaryl/α,β-unsaturated/α-hetero) is 1. The fourth-order valence-electron chi connectivity index (χ4n) is 10.6. The van der Waals surface area contributed by atoms with E-state index >= 15 is 0 Å². The highest BCUT2D eigenvalue weighted by molar-refractivity contribution is 5.82. The van der Waals surface area contributed by atoms with Crippen molar-refractivity contribution in [2.45, 2.75) is 112 Å². The van der Waals surface area contributed by atoms with Crippen molar-refractivity contribution in [1.29, 1.82) is 0 Å². The van der Waals surface area contributed by atoms with Crippen LogP contribution < -0.4 is 4.74 Å². The lowest BCUT2D eigenvalue weighted by molar-refractivity contribution is -0.152. The molecule has 0 aliphatic heterocycles. The Hall–Kier alpha value is -1.31. The second-order valence-electron chi connectivity index (χ2n) is 14.7. The van der Waals surface area contributed by atoms with Crippen molar-refractivity contribution in [3.05, 3.63) is 29.8 Å². The number of ether oxygens (including phenoxy) is 1. The minimum Gasteiger partial charge on any atom is -0.497 e. The monoisotopic (exact) mass is 506 g/mol. The zero-order valence-corrected chi connectivity index (χ0v) is 24.7. The third-order valence-electron chi connectivity index (χ3n) is 12.6. The van der Waals surface area contributed by atoms with Crippen molar-refractivity contribution in [3.63, 3.8) is 0 Å². The average molecular weight is 507 g/mol. The molecule has 0 radical (unpaired) electrons. The average Bonchev–Trinajstić information content (AvgIpc) is 3.23. The number of fused-ring (bicyclic) bond motifs is 5. The second kappa shape index (κ2) is 10.7. The highest BCUT2D eigenvalue weighted by Gasteiger charge is 2.61. The van der Waals surface area contributed by atoms with Gasteiger partial charge in [0.15, 0.2) is 0 Å². The van der Waals surface area contributed by atoms with Gasteiger partial charge < -0.3 is 4.74 Å².